The van der Waals surface area contributed by atoms with Crippen LogP contribution in [-0.2, 0) is 11.3 Å². The number of hydrogen-bond acceptors (Lipinski definition) is 3. The number of nitrogens with zero attached hydrogens (tertiary/aromatic N) is 2. The van der Waals surface area contributed by atoms with Crippen LogP contribution in [0.15, 0.2) is 71.5 Å². The van der Waals surface area contributed by atoms with Crippen molar-refractivity contribution in [2.24, 2.45) is 0 Å². The lowest BCUT2D eigenvalue weighted by Crippen LogP contribution is -2.36. The Labute approximate surface area is 152 Å². The summed E-state index contributed by atoms with van der Waals surface area (Å²) < 4.78 is 1.23. The number of aromatic nitrogens is 2. The van der Waals surface area contributed by atoms with Gasteiger partial charge >= 0.3 is 0 Å². The van der Waals surface area contributed by atoms with Gasteiger partial charge in [0.2, 0.25) is 5.91 Å². The summed E-state index contributed by atoms with van der Waals surface area (Å²) in [6.45, 7) is 4.10. The fraction of sp³-hybridized carbons (Fsp3) is 0.190. The molecule has 1 aromatic heterocycles. The topological polar surface area (TPSA) is 64.0 Å². The van der Waals surface area contributed by atoms with Crippen molar-refractivity contribution in [1.82, 2.24) is 15.1 Å². The van der Waals surface area contributed by atoms with E-state index < -0.39 is 6.04 Å². The molecule has 1 amide bonds. The second-order valence-electron chi connectivity index (χ2n) is 6.25. The van der Waals surface area contributed by atoms with Crippen LogP contribution in [0, 0.1) is 6.92 Å². The van der Waals surface area contributed by atoms with Crippen molar-refractivity contribution in [3.8, 4) is 11.3 Å². The van der Waals surface area contributed by atoms with Gasteiger partial charge in [-0.25, -0.2) is 4.68 Å². The molecular weight excluding hydrogens is 326 g/mol. The highest BCUT2D eigenvalue weighted by atomic mass is 16.2. The molecule has 26 heavy (non-hydrogen) atoms. The molecule has 2 aromatic carbocycles. The van der Waals surface area contributed by atoms with E-state index in [2.05, 4.69) is 10.4 Å². The van der Waals surface area contributed by atoms with Crippen LogP contribution < -0.4 is 10.9 Å². The molecule has 1 N–H and O–H groups in total. The van der Waals surface area contributed by atoms with Crippen molar-refractivity contribution in [2.45, 2.75) is 26.4 Å². The van der Waals surface area contributed by atoms with Crippen molar-refractivity contribution in [2.75, 3.05) is 0 Å². The zero-order valence-electron chi connectivity index (χ0n) is 14.8. The predicted octanol–water partition coefficient (Wildman–Crippen LogP) is 3.10. The van der Waals surface area contributed by atoms with E-state index in [1.54, 1.807) is 13.0 Å². The molecule has 132 valence electrons. The Morgan fingerprint density at radius 3 is 2.42 bits per heavy atom. The van der Waals surface area contributed by atoms with Crippen LogP contribution >= 0.6 is 0 Å². The Morgan fingerprint density at radius 1 is 1.04 bits per heavy atom. The molecule has 5 nitrogen and oxygen atoms in total. The Kier molecular flexibility index (Phi) is 5.27. The molecule has 1 unspecified atom stereocenters. The van der Waals surface area contributed by atoms with E-state index in [9.17, 15) is 9.59 Å². The van der Waals surface area contributed by atoms with Crippen LogP contribution in [0.1, 0.15) is 24.1 Å². The third-order valence-electron chi connectivity index (χ3n) is 4.23. The molecule has 3 aromatic rings. The first kappa shape index (κ1) is 17.6. The summed E-state index contributed by atoms with van der Waals surface area (Å²) in [5.41, 5.74) is 3.41. The van der Waals surface area contributed by atoms with Crippen molar-refractivity contribution >= 4 is 5.91 Å². The normalized spacial score (nSPS) is 11.8. The molecule has 0 saturated carbocycles. The average molecular weight is 347 g/mol. The van der Waals surface area contributed by atoms with Crippen LogP contribution in [-0.4, -0.2) is 15.7 Å². The molecule has 0 saturated heterocycles. The van der Waals surface area contributed by atoms with Gasteiger partial charge in [-0.1, -0.05) is 60.2 Å². The van der Waals surface area contributed by atoms with E-state index in [0.29, 0.717) is 12.2 Å². The first-order chi connectivity index (χ1) is 12.5. The first-order valence-electron chi connectivity index (χ1n) is 8.53. The van der Waals surface area contributed by atoms with Crippen LogP contribution in [0.3, 0.4) is 0 Å². The summed E-state index contributed by atoms with van der Waals surface area (Å²) in [7, 11) is 0. The van der Waals surface area contributed by atoms with Crippen LogP contribution in [0.25, 0.3) is 11.3 Å². The van der Waals surface area contributed by atoms with Crippen molar-refractivity contribution < 1.29 is 4.79 Å². The Balaban J connectivity index is 1.78. The van der Waals surface area contributed by atoms with Crippen LogP contribution in [0.5, 0.6) is 0 Å². The molecule has 0 bridgehead atoms. The van der Waals surface area contributed by atoms with Crippen molar-refractivity contribution in [3.63, 3.8) is 0 Å². The Morgan fingerprint density at radius 2 is 1.73 bits per heavy atom. The van der Waals surface area contributed by atoms with Gasteiger partial charge < -0.3 is 5.32 Å². The number of carbonyl (C=O) groups is 1. The van der Waals surface area contributed by atoms with Gasteiger partial charge in [0.25, 0.3) is 5.56 Å². The average Bonchev–Trinajstić information content (AvgIpc) is 2.67. The Bertz CT molecular complexity index is 947. The van der Waals surface area contributed by atoms with Gasteiger partial charge in [-0.05, 0) is 25.5 Å². The fourth-order valence-corrected chi connectivity index (χ4v) is 2.62. The highest BCUT2D eigenvalue weighted by molar-refractivity contribution is 5.79. The summed E-state index contributed by atoms with van der Waals surface area (Å²) in [6.07, 6.45) is 0. The standard InChI is InChI=1S/C21H21N3O2/c1-15-8-10-18(11-9-15)19-12-13-20(25)24(23-19)16(2)21(26)22-14-17-6-4-3-5-7-17/h3-13,16H,14H2,1-2H3,(H,22,26). The molecule has 0 aliphatic heterocycles. The summed E-state index contributed by atoms with van der Waals surface area (Å²) in [4.78, 5) is 24.6. The zero-order chi connectivity index (χ0) is 18.5. The number of benzene rings is 2. The van der Waals surface area contributed by atoms with E-state index in [0.717, 1.165) is 16.7 Å². The largest absolute Gasteiger partial charge is 0.350 e. The molecule has 5 heteroatoms. The fourth-order valence-electron chi connectivity index (χ4n) is 2.62. The molecule has 0 spiro atoms. The van der Waals surface area contributed by atoms with E-state index in [1.165, 1.54) is 10.7 Å². The molecule has 0 aliphatic carbocycles. The maximum absolute atomic E-state index is 12.5. The van der Waals surface area contributed by atoms with Gasteiger partial charge in [-0.15, -0.1) is 0 Å². The minimum absolute atomic E-state index is 0.246. The van der Waals surface area contributed by atoms with Crippen molar-refractivity contribution in [1.29, 1.82) is 0 Å². The Hall–Kier alpha value is -3.21. The lowest BCUT2D eigenvalue weighted by atomic mass is 10.1. The molecule has 1 heterocycles. The maximum atomic E-state index is 12.5. The quantitative estimate of drug-likeness (QED) is 0.771. The minimum atomic E-state index is -0.698. The van der Waals surface area contributed by atoms with Gasteiger partial charge in [-0.3, -0.25) is 9.59 Å². The molecule has 1 atom stereocenters. The molecule has 0 fully saturated rings. The summed E-state index contributed by atoms with van der Waals surface area (Å²) in [5, 5.41) is 7.24. The van der Waals surface area contributed by atoms with Gasteiger partial charge in [0.1, 0.15) is 6.04 Å². The predicted molar refractivity (Wildman–Crippen MR) is 102 cm³/mol. The van der Waals surface area contributed by atoms with Gasteiger partial charge in [0, 0.05) is 18.2 Å². The van der Waals surface area contributed by atoms with E-state index in [1.807, 2.05) is 61.5 Å². The molecule has 0 aliphatic rings. The number of amides is 1. The number of nitrogens with one attached hydrogen (secondary N) is 1. The number of aryl methyl sites for hydroxylation is 1. The number of carbonyl (C=O) groups excluding carboxylic acids is 1. The zero-order valence-corrected chi connectivity index (χ0v) is 14.8. The van der Waals surface area contributed by atoms with E-state index >= 15 is 0 Å². The highest BCUT2D eigenvalue weighted by Crippen LogP contribution is 2.16. The summed E-state index contributed by atoms with van der Waals surface area (Å²) >= 11 is 0. The monoisotopic (exact) mass is 347 g/mol. The first-order valence-corrected chi connectivity index (χ1v) is 8.53. The van der Waals surface area contributed by atoms with Gasteiger partial charge in [0.05, 0.1) is 5.69 Å². The van der Waals surface area contributed by atoms with Crippen LogP contribution in [0.2, 0.25) is 0 Å². The van der Waals surface area contributed by atoms with E-state index in [4.69, 9.17) is 0 Å². The number of rotatable bonds is 5. The van der Waals surface area contributed by atoms with Crippen molar-refractivity contribution in [3.05, 3.63) is 88.2 Å². The third kappa shape index (κ3) is 4.06. The SMILES string of the molecule is Cc1ccc(-c2ccc(=O)n(C(C)C(=O)NCc3ccccc3)n2)cc1. The maximum Gasteiger partial charge on any atom is 0.267 e. The molecular formula is C21H21N3O2. The highest BCUT2D eigenvalue weighted by Gasteiger charge is 2.17. The second-order valence-corrected chi connectivity index (χ2v) is 6.25. The third-order valence-corrected chi connectivity index (χ3v) is 4.23. The molecule has 0 radical (unpaired) electrons. The number of hydrogen-bond donors (Lipinski definition) is 1. The van der Waals surface area contributed by atoms with Gasteiger partial charge in [0.15, 0.2) is 0 Å². The summed E-state index contributed by atoms with van der Waals surface area (Å²) in [6, 6.07) is 19.9. The molecule has 3 rings (SSSR count). The van der Waals surface area contributed by atoms with Gasteiger partial charge in [-0.2, -0.15) is 5.10 Å². The summed E-state index contributed by atoms with van der Waals surface area (Å²) in [5.74, 6) is -0.246. The second kappa shape index (κ2) is 7.78. The van der Waals surface area contributed by atoms with E-state index in [-0.39, 0.29) is 11.5 Å². The smallest absolute Gasteiger partial charge is 0.267 e. The van der Waals surface area contributed by atoms with Crippen LogP contribution in [0.4, 0.5) is 0 Å². The lowest BCUT2D eigenvalue weighted by molar-refractivity contribution is -0.124. The minimum Gasteiger partial charge on any atom is -0.350 e. The lowest BCUT2D eigenvalue weighted by Gasteiger charge is -2.15.